The molecule has 1 aliphatic rings. The van der Waals surface area contributed by atoms with E-state index in [1.165, 1.54) is 0 Å². The maximum atomic E-state index is 12.6. The lowest BCUT2D eigenvalue weighted by Crippen LogP contribution is -2.40. The number of hydrogen-bond acceptors (Lipinski definition) is 4. The van der Waals surface area contributed by atoms with Gasteiger partial charge in [0, 0.05) is 30.4 Å². The van der Waals surface area contributed by atoms with Gasteiger partial charge in [-0.1, -0.05) is 35.5 Å². The molecule has 2 N–H and O–H groups in total. The summed E-state index contributed by atoms with van der Waals surface area (Å²) in [5.74, 6) is 0.578. The van der Waals surface area contributed by atoms with E-state index in [4.69, 9.17) is 4.52 Å². The Morgan fingerprint density at radius 3 is 2.72 bits per heavy atom. The Morgan fingerprint density at radius 2 is 1.96 bits per heavy atom. The maximum absolute atomic E-state index is 12.6. The van der Waals surface area contributed by atoms with Crippen molar-refractivity contribution in [1.29, 1.82) is 0 Å². The fraction of sp³-hybridized carbons (Fsp3) is 0.263. The van der Waals surface area contributed by atoms with Crippen molar-refractivity contribution in [3.05, 3.63) is 54.5 Å². The van der Waals surface area contributed by atoms with Crippen molar-refractivity contribution < 1.29 is 14.4 Å². The van der Waals surface area contributed by atoms with Gasteiger partial charge >= 0.3 is 0 Å². The SMILES string of the molecule is O=C(c1cc(-c2oncc2-c2ccccc2)c[nH]1)N1CCC(O)CC1. The van der Waals surface area contributed by atoms with Crippen molar-refractivity contribution in [3.8, 4) is 22.5 Å². The first-order chi connectivity index (χ1) is 12.2. The second-order valence-corrected chi connectivity index (χ2v) is 6.26. The van der Waals surface area contributed by atoms with Gasteiger partial charge in [0.15, 0.2) is 5.76 Å². The van der Waals surface area contributed by atoms with E-state index in [1.807, 2.05) is 30.3 Å². The number of nitrogens with one attached hydrogen (secondary N) is 1. The van der Waals surface area contributed by atoms with E-state index < -0.39 is 0 Å². The van der Waals surface area contributed by atoms with Gasteiger partial charge in [-0.05, 0) is 24.5 Å². The molecule has 1 fully saturated rings. The first-order valence-corrected chi connectivity index (χ1v) is 8.38. The number of aromatic amines is 1. The first kappa shape index (κ1) is 15.7. The van der Waals surface area contributed by atoms with Gasteiger partial charge in [-0.3, -0.25) is 4.79 Å². The summed E-state index contributed by atoms with van der Waals surface area (Å²) in [6.07, 6.45) is 4.40. The lowest BCUT2D eigenvalue weighted by Gasteiger charge is -2.29. The van der Waals surface area contributed by atoms with E-state index in [-0.39, 0.29) is 12.0 Å². The monoisotopic (exact) mass is 337 g/mol. The summed E-state index contributed by atoms with van der Waals surface area (Å²) in [7, 11) is 0. The molecule has 2 aromatic heterocycles. The predicted molar refractivity (Wildman–Crippen MR) is 92.9 cm³/mol. The lowest BCUT2D eigenvalue weighted by molar-refractivity contribution is 0.0542. The van der Waals surface area contributed by atoms with E-state index in [1.54, 1.807) is 23.4 Å². The summed E-state index contributed by atoms with van der Waals surface area (Å²) in [5.41, 5.74) is 3.20. The van der Waals surface area contributed by atoms with Gasteiger partial charge in [0.05, 0.1) is 12.3 Å². The molecule has 4 rings (SSSR count). The highest BCUT2D eigenvalue weighted by atomic mass is 16.5. The Balaban J connectivity index is 1.58. The Labute approximate surface area is 145 Å². The second-order valence-electron chi connectivity index (χ2n) is 6.26. The zero-order chi connectivity index (χ0) is 17.2. The number of amides is 1. The van der Waals surface area contributed by atoms with Crippen LogP contribution in [0.2, 0.25) is 0 Å². The topological polar surface area (TPSA) is 82.4 Å². The third kappa shape index (κ3) is 3.08. The van der Waals surface area contributed by atoms with Gasteiger partial charge in [-0.2, -0.15) is 0 Å². The fourth-order valence-electron chi connectivity index (χ4n) is 3.16. The molecule has 1 amide bonds. The quantitative estimate of drug-likeness (QED) is 0.770. The van der Waals surface area contributed by atoms with Gasteiger partial charge in [0.2, 0.25) is 0 Å². The van der Waals surface area contributed by atoms with Gasteiger partial charge in [0.25, 0.3) is 5.91 Å². The second kappa shape index (κ2) is 6.57. The van der Waals surface area contributed by atoms with Crippen molar-refractivity contribution in [3.63, 3.8) is 0 Å². The standard InChI is InChI=1S/C19H19N3O3/c23-15-6-8-22(9-7-15)19(24)17-10-14(11-20-17)18-16(12-21-25-18)13-4-2-1-3-5-13/h1-5,10-12,15,20,23H,6-9H2. The molecule has 0 bridgehead atoms. The fourth-order valence-corrected chi connectivity index (χ4v) is 3.16. The number of benzene rings is 1. The molecular weight excluding hydrogens is 318 g/mol. The van der Waals surface area contributed by atoms with Crippen LogP contribution in [0.15, 0.2) is 53.3 Å². The average Bonchev–Trinajstić information content (AvgIpc) is 3.32. The molecule has 0 atom stereocenters. The molecular formula is C19H19N3O3. The van der Waals surface area contributed by atoms with Crippen LogP contribution in [0.3, 0.4) is 0 Å². The summed E-state index contributed by atoms with van der Waals surface area (Å²) in [5, 5.41) is 13.5. The molecule has 1 aliphatic heterocycles. The van der Waals surface area contributed by atoms with E-state index >= 15 is 0 Å². The molecule has 128 valence electrons. The molecule has 1 saturated heterocycles. The van der Waals surface area contributed by atoms with Crippen LogP contribution in [0.25, 0.3) is 22.5 Å². The zero-order valence-electron chi connectivity index (χ0n) is 13.7. The van der Waals surface area contributed by atoms with Crippen molar-refractivity contribution in [2.45, 2.75) is 18.9 Å². The number of rotatable bonds is 3. The molecule has 3 heterocycles. The molecule has 25 heavy (non-hydrogen) atoms. The van der Waals surface area contributed by atoms with Gasteiger partial charge in [-0.25, -0.2) is 0 Å². The molecule has 0 radical (unpaired) electrons. The Bertz CT molecular complexity index is 861. The molecule has 0 unspecified atom stereocenters. The third-order valence-corrected chi connectivity index (χ3v) is 4.58. The minimum absolute atomic E-state index is 0.0565. The van der Waals surface area contributed by atoms with Crippen LogP contribution >= 0.6 is 0 Å². The number of nitrogens with zero attached hydrogens (tertiary/aromatic N) is 2. The molecule has 6 heteroatoms. The lowest BCUT2D eigenvalue weighted by atomic mass is 10.0. The average molecular weight is 337 g/mol. The Hall–Kier alpha value is -2.86. The number of aromatic nitrogens is 2. The van der Waals surface area contributed by atoms with Crippen LogP contribution in [-0.2, 0) is 0 Å². The van der Waals surface area contributed by atoms with Crippen LogP contribution in [0.1, 0.15) is 23.3 Å². The number of carbonyl (C=O) groups excluding carboxylic acids is 1. The Kier molecular flexibility index (Phi) is 4.11. The molecule has 3 aromatic rings. The molecule has 1 aromatic carbocycles. The summed E-state index contributed by atoms with van der Waals surface area (Å²) in [6, 6.07) is 11.7. The minimum Gasteiger partial charge on any atom is -0.393 e. The Morgan fingerprint density at radius 1 is 1.20 bits per heavy atom. The molecule has 0 aliphatic carbocycles. The van der Waals surface area contributed by atoms with Crippen molar-refractivity contribution >= 4 is 5.91 Å². The normalized spacial score (nSPS) is 15.5. The molecule has 0 saturated carbocycles. The molecule has 0 spiro atoms. The van der Waals surface area contributed by atoms with Crippen molar-refractivity contribution in [2.75, 3.05) is 13.1 Å². The minimum atomic E-state index is -0.300. The van der Waals surface area contributed by atoms with Crippen LogP contribution in [0.5, 0.6) is 0 Å². The van der Waals surface area contributed by atoms with Crippen molar-refractivity contribution in [1.82, 2.24) is 15.0 Å². The number of piperidine rings is 1. The van der Waals surface area contributed by atoms with E-state index in [0.717, 1.165) is 16.7 Å². The van der Waals surface area contributed by atoms with Crippen LogP contribution < -0.4 is 0 Å². The third-order valence-electron chi connectivity index (χ3n) is 4.58. The smallest absolute Gasteiger partial charge is 0.270 e. The maximum Gasteiger partial charge on any atom is 0.270 e. The highest BCUT2D eigenvalue weighted by Crippen LogP contribution is 2.32. The van der Waals surface area contributed by atoms with Gasteiger partial charge in [-0.15, -0.1) is 0 Å². The number of hydrogen-bond donors (Lipinski definition) is 2. The summed E-state index contributed by atoms with van der Waals surface area (Å²) in [4.78, 5) is 17.4. The van der Waals surface area contributed by atoms with E-state index in [2.05, 4.69) is 10.1 Å². The largest absolute Gasteiger partial charge is 0.393 e. The van der Waals surface area contributed by atoms with E-state index in [0.29, 0.717) is 37.4 Å². The van der Waals surface area contributed by atoms with Crippen LogP contribution in [0, 0.1) is 0 Å². The number of aliphatic hydroxyl groups excluding tert-OH is 1. The summed E-state index contributed by atoms with van der Waals surface area (Å²) in [6.45, 7) is 1.15. The number of aliphatic hydroxyl groups is 1. The highest BCUT2D eigenvalue weighted by Gasteiger charge is 2.24. The zero-order valence-corrected chi connectivity index (χ0v) is 13.7. The first-order valence-electron chi connectivity index (χ1n) is 8.38. The summed E-state index contributed by atoms with van der Waals surface area (Å²) >= 11 is 0. The van der Waals surface area contributed by atoms with Crippen LogP contribution in [-0.4, -0.2) is 45.2 Å². The highest BCUT2D eigenvalue weighted by molar-refractivity contribution is 5.94. The molecule has 6 nitrogen and oxygen atoms in total. The van der Waals surface area contributed by atoms with E-state index in [9.17, 15) is 9.90 Å². The van der Waals surface area contributed by atoms with Gasteiger partial charge in [0.1, 0.15) is 5.69 Å². The van der Waals surface area contributed by atoms with Crippen molar-refractivity contribution in [2.24, 2.45) is 0 Å². The van der Waals surface area contributed by atoms with Crippen LogP contribution in [0.4, 0.5) is 0 Å². The predicted octanol–water partition coefficient (Wildman–Crippen LogP) is 2.93. The summed E-state index contributed by atoms with van der Waals surface area (Å²) < 4.78 is 5.43. The number of carbonyl (C=O) groups is 1. The number of H-pyrrole nitrogens is 1. The number of likely N-dealkylation sites (tertiary alicyclic amines) is 1. The van der Waals surface area contributed by atoms with Gasteiger partial charge < -0.3 is 19.5 Å².